The Kier molecular flexibility index (Phi) is 5.81. The number of nitrogens with one attached hydrogen (secondary N) is 1. The maximum atomic E-state index is 13.0. The summed E-state index contributed by atoms with van der Waals surface area (Å²) in [5, 5.41) is 3.61. The Hall–Kier alpha value is -3.14. The van der Waals surface area contributed by atoms with E-state index in [2.05, 4.69) is 20.3 Å². The van der Waals surface area contributed by atoms with E-state index in [1.807, 2.05) is 0 Å². The van der Waals surface area contributed by atoms with Gasteiger partial charge in [-0.25, -0.2) is 18.7 Å². The molecule has 5 rings (SSSR count). The third-order valence-corrected chi connectivity index (χ3v) is 5.38. The van der Waals surface area contributed by atoms with Gasteiger partial charge >= 0.3 is 6.18 Å². The lowest BCUT2D eigenvalue weighted by Crippen LogP contribution is -2.05. The lowest BCUT2D eigenvalue weighted by molar-refractivity contribution is -0.134. The molecule has 3 heterocycles. The predicted molar refractivity (Wildman–Crippen MR) is 109 cm³/mol. The summed E-state index contributed by atoms with van der Waals surface area (Å²) in [6.07, 6.45) is -0.777. The van der Waals surface area contributed by atoms with Crippen molar-refractivity contribution in [1.29, 1.82) is 0 Å². The first-order chi connectivity index (χ1) is 14.8. The molecule has 0 bridgehead atoms. The van der Waals surface area contributed by atoms with Gasteiger partial charge in [0.2, 0.25) is 0 Å². The zero-order valence-electron chi connectivity index (χ0n) is 15.8. The molecule has 160 valence electrons. The highest BCUT2D eigenvalue weighted by Gasteiger charge is 2.34. The molecular formula is C21H15F5N4S. The number of benzene rings is 1. The number of rotatable bonds is 3. The average molecular weight is 450 g/mol. The lowest BCUT2D eigenvalue weighted by atomic mass is 10.3. The molecule has 31 heavy (non-hydrogen) atoms. The van der Waals surface area contributed by atoms with Crippen molar-refractivity contribution < 1.29 is 22.0 Å². The molecule has 0 spiro atoms. The van der Waals surface area contributed by atoms with Crippen molar-refractivity contribution in [3.63, 3.8) is 0 Å². The van der Waals surface area contributed by atoms with Crippen LogP contribution in [0.2, 0.25) is 0 Å². The summed E-state index contributed by atoms with van der Waals surface area (Å²) >= 11 is 0.631. The standard InChI is InChI=1S/C15H11F3N4S.C6H4F2/c16-15(17,18)11-7-9-12(20-8-4-5-8)21-13(22-14(9)23-11)10-3-1-2-6-19-10;7-5-3-1-2-4-6(5)8/h1-3,6-8H,4-5H2,(H,20,21,22);1-4H. The molecule has 1 aromatic carbocycles. The molecule has 1 fully saturated rings. The normalized spacial score (nSPS) is 13.6. The van der Waals surface area contributed by atoms with E-state index in [1.54, 1.807) is 24.4 Å². The second-order valence-corrected chi connectivity index (χ2v) is 7.80. The quantitative estimate of drug-likeness (QED) is 0.372. The molecule has 1 aliphatic rings. The van der Waals surface area contributed by atoms with Gasteiger partial charge < -0.3 is 5.32 Å². The number of thiophene rings is 1. The van der Waals surface area contributed by atoms with Crippen LogP contribution in [-0.2, 0) is 6.18 Å². The van der Waals surface area contributed by atoms with Gasteiger partial charge in [0, 0.05) is 12.2 Å². The molecule has 3 aromatic heterocycles. The number of anilines is 1. The highest BCUT2D eigenvalue weighted by molar-refractivity contribution is 7.18. The van der Waals surface area contributed by atoms with Gasteiger partial charge in [0.05, 0.1) is 5.39 Å². The third kappa shape index (κ3) is 5.13. The summed E-state index contributed by atoms with van der Waals surface area (Å²) in [5.41, 5.74) is 0.537. The Labute approximate surface area is 177 Å². The molecule has 0 unspecified atom stereocenters. The van der Waals surface area contributed by atoms with Crippen molar-refractivity contribution in [2.45, 2.75) is 25.1 Å². The summed E-state index contributed by atoms with van der Waals surface area (Å²) < 4.78 is 62.8. The van der Waals surface area contributed by atoms with Crippen molar-refractivity contribution in [1.82, 2.24) is 15.0 Å². The highest BCUT2D eigenvalue weighted by atomic mass is 32.1. The summed E-state index contributed by atoms with van der Waals surface area (Å²) in [4.78, 5) is 12.5. The summed E-state index contributed by atoms with van der Waals surface area (Å²) in [7, 11) is 0. The van der Waals surface area contributed by atoms with Gasteiger partial charge in [0.1, 0.15) is 21.2 Å². The first-order valence-electron chi connectivity index (χ1n) is 9.28. The fraction of sp³-hybridized carbons (Fsp3) is 0.190. The van der Waals surface area contributed by atoms with E-state index in [9.17, 15) is 22.0 Å². The van der Waals surface area contributed by atoms with Crippen molar-refractivity contribution in [2.24, 2.45) is 0 Å². The van der Waals surface area contributed by atoms with Crippen molar-refractivity contribution in [3.05, 3.63) is 71.2 Å². The topological polar surface area (TPSA) is 50.7 Å². The van der Waals surface area contributed by atoms with Crippen LogP contribution in [0.1, 0.15) is 17.7 Å². The maximum absolute atomic E-state index is 13.0. The van der Waals surface area contributed by atoms with Crippen molar-refractivity contribution >= 4 is 27.4 Å². The van der Waals surface area contributed by atoms with Crippen LogP contribution >= 0.6 is 11.3 Å². The molecule has 0 radical (unpaired) electrons. The van der Waals surface area contributed by atoms with Crippen LogP contribution in [0.3, 0.4) is 0 Å². The van der Waals surface area contributed by atoms with E-state index in [4.69, 9.17) is 0 Å². The second-order valence-electron chi connectivity index (χ2n) is 6.77. The van der Waals surface area contributed by atoms with E-state index in [1.165, 1.54) is 12.1 Å². The van der Waals surface area contributed by atoms with Gasteiger partial charge in [0.15, 0.2) is 17.5 Å². The number of halogens is 5. The average Bonchev–Trinajstić information content (AvgIpc) is 3.44. The number of fused-ring (bicyclic) bond motifs is 1. The van der Waals surface area contributed by atoms with E-state index >= 15 is 0 Å². The van der Waals surface area contributed by atoms with Crippen LogP contribution in [0.25, 0.3) is 21.7 Å². The fourth-order valence-corrected chi connectivity index (χ4v) is 3.54. The molecule has 0 saturated heterocycles. The van der Waals surface area contributed by atoms with Gasteiger partial charge in [-0.15, -0.1) is 11.3 Å². The summed E-state index contributed by atoms with van der Waals surface area (Å²) in [5.74, 6) is -0.818. The Morgan fingerprint density at radius 2 is 1.61 bits per heavy atom. The molecule has 0 atom stereocenters. The number of aromatic nitrogens is 3. The molecule has 1 aliphatic carbocycles. The van der Waals surface area contributed by atoms with E-state index in [0.717, 1.165) is 31.0 Å². The Balaban J connectivity index is 0.000000245. The molecule has 1 saturated carbocycles. The first kappa shape index (κ1) is 21.1. The molecule has 0 aliphatic heterocycles. The van der Waals surface area contributed by atoms with E-state index < -0.39 is 22.7 Å². The predicted octanol–water partition coefficient (Wildman–Crippen LogP) is 6.31. The smallest absolute Gasteiger partial charge is 0.367 e. The zero-order valence-corrected chi connectivity index (χ0v) is 16.6. The van der Waals surface area contributed by atoms with Crippen LogP contribution < -0.4 is 5.32 Å². The minimum atomic E-state index is -4.38. The zero-order chi connectivity index (χ0) is 22.0. The Bertz CT molecular complexity index is 1170. The minimum absolute atomic E-state index is 0.277. The molecule has 10 heteroatoms. The highest BCUT2D eigenvalue weighted by Crippen LogP contribution is 2.40. The third-order valence-electron chi connectivity index (χ3n) is 4.31. The van der Waals surface area contributed by atoms with E-state index in [0.29, 0.717) is 38.9 Å². The van der Waals surface area contributed by atoms with Gasteiger partial charge in [-0.05, 0) is 43.2 Å². The molecular weight excluding hydrogens is 435 g/mol. The number of alkyl halides is 3. The van der Waals surface area contributed by atoms with Crippen LogP contribution in [0.4, 0.5) is 27.8 Å². The van der Waals surface area contributed by atoms with Crippen molar-refractivity contribution in [3.8, 4) is 11.5 Å². The monoisotopic (exact) mass is 450 g/mol. The maximum Gasteiger partial charge on any atom is 0.425 e. The summed E-state index contributed by atoms with van der Waals surface area (Å²) in [6, 6.07) is 11.7. The first-order valence-corrected chi connectivity index (χ1v) is 10.1. The van der Waals surface area contributed by atoms with Gasteiger partial charge in [-0.1, -0.05) is 18.2 Å². The van der Waals surface area contributed by atoms with Crippen LogP contribution in [0.15, 0.2) is 54.7 Å². The molecule has 4 nitrogen and oxygen atoms in total. The van der Waals surface area contributed by atoms with E-state index in [-0.39, 0.29) is 6.04 Å². The number of nitrogens with zero attached hydrogens (tertiary/aromatic N) is 3. The minimum Gasteiger partial charge on any atom is -0.367 e. The molecule has 1 N–H and O–H groups in total. The van der Waals surface area contributed by atoms with Crippen LogP contribution in [0, 0.1) is 11.6 Å². The van der Waals surface area contributed by atoms with Crippen LogP contribution in [-0.4, -0.2) is 21.0 Å². The SMILES string of the molecule is FC(F)(F)c1cc2c(NC3CC3)nc(-c3ccccn3)nc2s1.Fc1ccccc1F. The largest absolute Gasteiger partial charge is 0.425 e. The van der Waals surface area contributed by atoms with Crippen molar-refractivity contribution in [2.75, 3.05) is 5.32 Å². The molecule has 4 aromatic rings. The lowest BCUT2D eigenvalue weighted by Gasteiger charge is -2.07. The van der Waals surface area contributed by atoms with Gasteiger partial charge in [-0.3, -0.25) is 4.98 Å². The van der Waals surface area contributed by atoms with Gasteiger partial charge in [0.25, 0.3) is 0 Å². The van der Waals surface area contributed by atoms with Gasteiger partial charge in [-0.2, -0.15) is 13.2 Å². The summed E-state index contributed by atoms with van der Waals surface area (Å²) in [6.45, 7) is 0. The number of hydrogen-bond acceptors (Lipinski definition) is 5. The second kappa shape index (κ2) is 8.54. The number of pyridine rings is 1. The Morgan fingerprint density at radius 3 is 2.16 bits per heavy atom. The Morgan fingerprint density at radius 1 is 0.935 bits per heavy atom. The molecule has 0 amide bonds. The number of hydrogen-bond donors (Lipinski definition) is 1. The van der Waals surface area contributed by atoms with Crippen LogP contribution in [0.5, 0.6) is 0 Å². The fourth-order valence-electron chi connectivity index (χ4n) is 2.64.